The number of hydrogen-bond donors (Lipinski definition) is 1. The summed E-state index contributed by atoms with van der Waals surface area (Å²) >= 11 is 0. The fourth-order valence-electron chi connectivity index (χ4n) is 2.65. The molecule has 2 rings (SSSR count). The van der Waals surface area contributed by atoms with Crippen LogP contribution in [0.5, 0.6) is 0 Å². The maximum atomic E-state index is 12.5. The molecule has 1 aromatic rings. The maximum Gasteiger partial charge on any atom is 0.247 e. The Kier molecular flexibility index (Phi) is 6.17. The Bertz CT molecular complexity index is 437. The summed E-state index contributed by atoms with van der Waals surface area (Å²) in [4.78, 5) is 14.5. The molecule has 118 valence electrons. The molecule has 0 aliphatic carbocycles. The molecule has 0 spiro atoms. The van der Waals surface area contributed by atoms with E-state index < -0.39 is 0 Å². The number of carbonyl (C=O) groups excluding carboxylic acids is 1. The lowest BCUT2D eigenvalue weighted by Crippen LogP contribution is -2.37. The quantitative estimate of drug-likeness (QED) is 0.812. The van der Waals surface area contributed by atoms with Gasteiger partial charge in [-0.25, -0.2) is 4.68 Å². The Morgan fingerprint density at radius 3 is 2.71 bits per heavy atom. The number of rotatable bonds is 6. The molecular weight excluding hydrogens is 266 g/mol. The summed E-state index contributed by atoms with van der Waals surface area (Å²) in [6.07, 6.45) is 7.66. The summed E-state index contributed by atoms with van der Waals surface area (Å²) in [6.45, 7) is 7.47. The van der Waals surface area contributed by atoms with E-state index in [4.69, 9.17) is 0 Å². The van der Waals surface area contributed by atoms with E-state index in [2.05, 4.69) is 22.6 Å². The van der Waals surface area contributed by atoms with Gasteiger partial charge in [-0.1, -0.05) is 25.0 Å². The van der Waals surface area contributed by atoms with Crippen LogP contribution in [0.2, 0.25) is 0 Å². The summed E-state index contributed by atoms with van der Waals surface area (Å²) in [6, 6.07) is -0.268. The Balaban J connectivity index is 1.92. The molecule has 0 saturated carbocycles. The monoisotopic (exact) mass is 293 g/mol. The summed E-state index contributed by atoms with van der Waals surface area (Å²) in [7, 11) is 0. The van der Waals surface area contributed by atoms with Crippen LogP contribution >= 0.6 is 0 Å². The summed E-state index contributed by atoms with van der Waals surface area (Å²) in [5, 5.41) is 11.5. The standard InChI is InChI=1S/C15H27N5O/c1-3-8-16-11-14-12-20(18-17-14)13(2)15(21)19-9-6-4-5-7-10-19/h12-13,16H,3-11H2,1-2H3. The number of aromatic nitrogens is 3. The van der Waals surface area contributed by atoms with Crippen LogP contribution < -0.4 is 5.32 Å². The van der Waals surface area contributed by atoms with Gasteiger partial charge in [0.25, 0.3) is 0 Å². The van der Waals surface area contributed by atoms with Gasteiger partial charge < -0.3 is 10.2 Å². The molecule has 1 fully saturated rings. The molecule has 0 radical (unpaired) electrons. The third-order valence-electron chi connectivity index (χ3n) is 3.96. The van der Waals surface area contributed by atoms with Crippen LogP contribution in [0.4, 0.5) is 0 Å². The minimum Gasteiger partial charge on any atom is -0.341 e. The van der Waals surface area contributed by atoms with Crippen LogP contribution in [0.15, 0.2) is 6.20 Å². The SMILES string of the molecule is CCCNCc1cn(C(C)C(=O)N2CCCCCC2)nn1. The Morgan fingerprint density at radius 1 is 1.33 bits per heavy atom. The minimum atomic E-state index is -0.268. The van der Waals surface area contributed by atoms with E-state index in [-0.39, 0.29) is 11.9 Å². The number of nitrogens with zero attached hydrogens (tertiary/aromatic N) is 4. The molecule has 1 unspecified atom stereocenters. The first kappa shape index (κ1) is 15.9. The topological polar surface area (TPSA) is 63.1 Å². The van der Waals surface area contributed by atoms with Gasteiger partial charge in [-0.15, -0.1) is 5.10 Å². The zero-order chi connectivity index (χ0) is 15.1. The van der Waals surface area contributed by atoms with Crippen molar-refractivity contribution in [2.24, 2.45) is 0 Å². The molecule has 1 saturated heterocycles. The average Bonchev–Trinajstić information content (AvgIpc) is 2.80. The van der Waals surface area contributed by atoms with Crippen molar-refractivity contribution in [1.82, 2.24) is 25.2 Å². The van der Waals surface area contributed by atoms with Crippen LogP contribution in [0.1, 0.15) is 57.7 Å². The van der Waals surface area contributed by atoms with Gasteiger partial charge in [0.15, 0.2) is 0 Å². The zero-order valence-corrected chi connectivity index (χ0v) is 13.2. The van der Waals surface area contributed by atoms with Gasteiger partial charge in [0, 0.05) is 19.6 Å². The molecule has 1 aliphatic heterocycles. The Morgan fingerprint density at radius 2 is 2.05 bits per heavy atom. The van der Waals surface area contributed by atoms with E-state index in [0.717, 1.165) is 44.6 Å². The van der Waals surface area contributed by atoms with Crippen molar-refractivity contribution in [3.8, 4) is 0 Å². The van der Waals surface area contributed by atoms with Crippen molar-refractivity contribution in [3.05, 3.63) is 11.9 Å². The van der Waals surface area contributed by atoms with Crippen LogP contribution in [0, 0.1) is 0 Å². The van der Waals surface area contributed by atoms with Crippen molar-refractivity contribution in [2.45, 2.75) is 58.5 Å². The van der Waals surface area contributed by atoms with Gasteiger partial charge >= 0.3 is 0 Å². The van der Waals surface area contributed by atoms with Crippen LogP contribution in [0.3, 0.4) is 0 Å². The normalized spacial score (nSPS) is 17.5. The second kappa shape index (κ2) is 8.12. The van der Waals surface area contributed by atoms with Crippen molar-refractivity contribution < 1.29 is 4.79 Å². The number of nitrogens with one attached hydrogen (secondary N) is 1. The number of hydrogen-bond acceptors (Lipinski definition) is 4. The van der Waals surface area contributed by atoms with Gasteiger partial charge in [0.05, 0.1) is 11.9 Å². The van der Waals surface area contributed by atoms with E-state index in [1.165, 1.54) is 12.8 Å². The molecule has 21 heavy (non-hydrogen) atoms. The van der Waals surface area contributed by atoms with Crippen LogP contribution in [-0.4, -0.2) is 45.4 Å². The van der Waals surface area contributed by atoms with Gasteiger partial charge in [-0.05, 0) is 32.7 Å². The third kappa shape index (κ3) is 4.52. The summed E-state index contributed by atoms with van der Waals surface area (Å²) < 4.78 is 1.69. The predicted molar refractivity (Wildman–Crippen MR) is 81.8 cm³/mol. The maximum absolute atomic E-state index is 12.5. The van der Waals surface area contributed by atoms with E-state index >= 15 is 0 Å². The zero-order valence-electron chi connectivity index (χ0n) is 13.2. The van der Waals surface area contributed by atoms with E-state index in [9.17, 15) is 4.79 Å². The van der Waals surface area contributed by atoms with Gasteiger partial charge in [0.2, 0.25) is 5.91 Å². The Labute approximate surface area is 126 Å². The first-order chi connectivity index (χ1) is 10.2. The fourth-order valence-corrected chi connectivity index (χ4v) is 2.65. The molecule has 1 atom stereocenters. The predicted octanol–water partition coefficient (Wildman–Crippen LogP) is 1.74. The summed E-state index contributed by atoms with van der Waals surface area (Å²) in [5.74, 6) is 0.162. The smallest absolute Gasteiger partial charge is 0.247 e. The third-order valence-corrected chi connectivity index (χ3v) is 3.96. The number of carbonyl (C=O) groups is 1. The number of amides is 1. The second-order valence-electron chi connectivity index (χ2n) is 5.78. The van der Waals surface area contributed by atoms with E-state index in [1.54, 1.807) is 4.68 Å². The van der Waals surface area contributed by atoms with Crippen LogP contribution in [-0.2, 0) is 11.3 Å². The highest BCUT2D eigenvalue weighted by atomic mass is 16.2. The van der Waals surface area contributed by atoms with Crippen LogP contribution in [0.25, 0.3) is 0 Å². The largest absolute Gasteiger partial charge is 0.341 e. The van der Waals surface area contributed by atoms with Gasteiger partial charge in [-0.3, -0.25) is 4.79 Å². The van der Waals surface area contributed by atoms with Crippen molar-refractivity contribution in [3.63, 3.8) is 0 Å². The Hall–Kier alpha value is -1.43. The average molecular weight is 293 g/mol. The van der Waals surface area contributed by atoms with Gasteiger partial charge in [-0.2, -0.15) is 0 Å². The van der Waals surface area contributed by atoms with E-state index in [1.807, 2.05) is 18.0 Å². The van der Waals surface area contributed by atoms with Crippen molar-refractivity contribution >= 4 is 5.91 Å². The first-order valence-electron chi connectivity index (χ1n) is 8.12. The molecule has 6 heteroatoms. The molecule has 6 nitrogen and oxygen atoms in total. The number of likely N-dealkylation sites (tertiary alicyclic amines) is 1. The molecule has 0 aromatic carbocycles. The molecular formula is C15H27N5O. The van der Waals surface area contributed by atoms with Gasteiger partial charge in [0.1, 0.15) is 6.04 Å². The molecule has 1 aromatic heterocycles. The lowest BCUT2D eigenvalue weighted by Gasteiger charge is -2.23. The lowest BCUT2D eigenvalue weighted by molar-refractivity contribution is -0.134. The van der Waals surface area contributed by atoms with E-state index in [0.29, 0.717) is 6.54 Å². The highest BCUT2D eigenvalue weighted by molar-refractivity contribution is 5.80. The summed E-state index contributed by atoms with van der Waals surface area (Å²) in [5.41, 5.74) is 0.888. The lowest BCUT2D eigenvalue weighted by atomic mass is 10.2. The highest BCUT2D eigenvalue weighted by Gasteiger charge is 2.23. The van der Waals surface area contributed by atoms with Crippen molar-refractivity contribution in [2.75, 3.05) is 19.6 Å². The van der Waals surface area contributed by atoms with Crippen molar-refractivity contribution in [1.29, 1.82) is 0 Å². The first-order valence-corrected chi connectivity index (χ1v) is 8.12. The highest BCUT2D eigenvalue weighted by Crippen LogP contribution is 2.15. The molecule has 1 amide bonds. The molecule has 0 bridgehead atoms. The fraction of sp³-hybridized carbons (Fsp3) is 0.800. The molecule has 1 N–H and O–H groups in total. The minimum absolute atomic E-state index is 0.162. The molecule has 2 heterocycles. The molecule has 1 aliphatic rings. The second-order valence-corrected chi connectivity index (χ2v) is 5.78.